The molecule has 0 aliphatic carbocycles. The standard InChI is InChI=1S/C11H16N2O3S/c1-6-8(7(5-17-6)9(12)14)13-10(15)16-11(2,3)4/h5H,1-4H3,(H2,12,14)(H,13,15). The van der Waals surface area contributed by atoms with Crippen LogP contribution >= 0.6 is 11.3 Å². The van der Waals surface area contributed by atoms with E-state index in [9.17, 15) is 9.59 Å². The van der Waals surface area contributed by atoms with Crippen molar-refractivity contribution in [3.05, 3.63) is 15.8 Å². The molecule has 3 N–H and O–H groups in total. The lowest BCUT2D eigenvalue weighted by atomic mass is 10.2. The highest BCUT2D eigenvalue weighted by Crippen LogP contribution is 2.27. The average molecular weight is 256 g/mol. The molecule has 6 heteroatoms. The normalized spacial score (nSPS) is 11.1. The van der Waals surface area contributed by atoms with E-state index in [0.717, 1.165) is 4.88 Å². The summed E-state index contributed by atoms with van der Waals surface area (Å²) in [5.74, 6) is -0.569. The van der Waals surface area contributed by atoms with E-state index in [-0.39, 0.29) is 0 Å². The Kier molecular flexibility index (Phi) is 3.77. The molecule has 1 rings (SSSR count). The van der Waals surface area contributed by atoms with Gasteiger partial charge in [0.25, 0.3) is 5.91 Å². The largest absolute Gasteiger partial charge is 0.444 e. The van der Waals surface area contributed by atoms with Gasteiger partial charge in [-0.3, -0.25) is 10.1 Å². The Morgan fingerprint density at radius 1 is 1.41 bits per heavy atom. The van der Waals surface area contributed by atoms with Crippen LogP contribution in [-0.4, -0.2) is 17.6 Å². The summed E-state index contributed by atoms with van der Waals surface area (Å²) in [6.07, 6.45) is -0.596. The monoisotopic (exact) mass is 256 g/mol. The predicted octanol–water partition coefficient (Wildman–Crippen LogP) is 2.50. The molecule has 0 fully saturated rings. The highest BCUT2D eigenvalue weighted by molar-refractivity contribution is 7.10. The first-order valence-electron chi connectivity index (χ1n) is 5.08. The molecule has 94 valence electrons. The van der Waals surface area contributed by atoms with E-state index < -0.39 is 17.6 Å². The van der Waals surface area contributed by atoms with Gasteiger partial charge in [-0.15, -0.1) is 11.3 Å². The summed E-state index contributed by atoms with van der Waals surface area (Å²) in [5.41, 5.74) is 5.36. The number of primary amides is 1. The van der Waals surface area contributed by atoms with Crippen LogP contribution < -0.4 is 11.1 Å². The fourth-order valence-corrected chi connectivity index (χ4v) is 2.00. The van der Waals surface area contributed by atoms with Crippen LogP contribution in [0.15, 0.2) is 5.38 Å². The third-order valence-corrected chi connectivity index (χ3v) is 2.78. The molecular formula is C11H16N2O3S. The minimum Gasteiger partial charge on any atom is -0.444 e. The molecule has 2 amide bonds. The number of carbonyl (C=O) groups excluding carboxylic acids is 2. The van der Waals surface area contributed by atoms with E-state index in [1.807, 2.05) is 0 Å². The van der Waals surface area contributed by atoms with Gasteiger partial charge in [0, 0.05) is 10.3 Å². The van der Waals surface area contributed by atoms with Crippen molar-refractivity contribution in [1.82, 2.24) is 0 Å². The summed E-state index contributed by atoms with van der Waals surface area (Å²) in [7, 11) is 0. The van der Waals surface area contributed by atoms with E-state index in [1.54, 1.807) is 33.1 Å². The van der Waals surface area contributed by atoms with E-state index in [1.165, 1.54) is 11.3 Å². The van der Waals surface area contributed by atoms with E-state index in [0.29, 0.717) is 11.3 Å². The number of nitrogens with one attached hydrogen (secondary N) is 1. The van der Waals surface area contributed by atoms with Crippen LogP contribution in [0.3, 0.4) is 0 Å². The Hall–Kier alpha value is -1.56. The first-order chi connectivity index (χ1) is 7.70. The summed E-state index contributed by atoms with van der Waals surface area (Å²) in [4.78, 5) is 23.5. The van der Waals surface area contributed by atoms with Crippen molar-refractivity contribution < 1.29 is 14.3 Å². The Bertz CT molecular complexity index is 446. The highest BCUT2D eigenvalue weighted by Gasteiger charge is 2.20. The van der Waals surface area contributed by atoms with Crippen LogP contribution in [0, 0.1) is 6.92 Å². The van der Waals surface area contributed by atoms with Gasteiger partial charge in [-0.05, 0) is 27.7 Å². The smallest absolute Gasteiger partial charge is 0.412 e. The van der Waals surface area contributed by atoms with Gasteiger partial charge >= 0.3 is 6.09 Å². The van der Waals surface area contributed by atoms with Crippen molar-refractivity contribution in [2.24, 2.45) is 5.73 Å². The molecule has 0 unspecified atom stereocenters. The van der Waals surface area contributed by atoms with Crippen LogP contribution in [-0.2, 0) is 4.74 Å². The van der Waals surface area contributed by atoms with Gasteiger partial charge < -0.3 is 10.5 Å². The molecule has 17 heavy (non-hydrogen) atoms. The van der Waals surface area contributed by atoms with E-state index >= 15 is 0 Å². The molecular weight excluding hydrogens is 240 g/mol. The zero-order valence-corrected chi connectivity index (χ0v) is 11.1. The molecule has 0 saturated heterocycles. The molecule has 0 radical (unpaired) electrons. The van der Waals surface area contributed by atoms with Crippen molar-refractivity contribution in [2.45, 2.75) is 33.3 Å². The van der Waals surface area contributed by atoms with Gasteiger partial charge in [-0.2, -0.15) is 0 Å². The number of anilines is 1. The first-order valence-corrected chi connectivity index (χ1v) is 5.96. The molecule has 5 nitrogen and oxygen atoms in total. The second-order valence-electron chi connectivity index (χ2n) is 4.57. The number of hydrogen-bond acceptors (Lipinski definition) is 4. The second-order valence-corrected chi connectivity index (χ2v) is 5.66. The minimum atomic E-state index is -0.596. The van der Waals surface area contributed by atoms with Gasteiger partial charge in [-0.1, -0.05) is 0 Å². The van der Waals surface area contributed by atoms with E-state index in [4.69, 9.17) is 10.5 Å². The number of carbonyl (C=O) groups is 2. The molecule has 1 heterocycles. The topological polar surface area (TPSA) is 81.4 Å². The maximum Gasteiger partial charge on any atom is 0.412 e. The average Bonchev–Trinajstić information content (AvgIpc) is 2.44. The molecule has 1 aromatic heterocycles. The van der Waals surface area contributed by atoms with Gasteiger partial charge in [0.05, 0.1) is 11.3 Å². The summed E-state index contributed by atoms with van der Waals surface area (Å²) in [6.45, 7) is 7.09. The number of rotatable bonds is 2. The molecule has 0 bridgehead atoms. The molecule has 0 atom stereocenters. The van der Waals surface area contributed by atoms with Gasteiger partial charge in [0.15, 0.2) is 0 Å². The maximum atomic E-state index is 11.6. The van der Waals surface area contributed by atoms with Crippen molar-refractivity contribution in [2.75, 3.05) is 5.32 Å². The van der Waals surface area contributed by atoms with Gasteiger partial charge in [0.2, 0.25) is 0 Å². The number of ether oxygens (including phenoxy) is 1. The predicted molar refractivity (Wildman–Crippen MR) is 67.4 cm³/mol. The Morgan fingerprint density at radius 2 is 2.00 bits per heavy atom. The van der Waals surface area contributed by atoms with Crippen molar-refractivity contribution >= 4 is 29.0 Å². The zero-order valence-electron chi connectivity index (χ0n) is 10.3. The summed E-state index contributed by atoms with van der Waals surface area (Å²) in [5, 5.41) is 4.16. The number of nitrogens with two attached hydrogens (primary N) is 1. The third kappa shape index (κ3) is 3.74. The van der Waals surface area contributed by atoms with Crippen LogP contribution in [0.1, 0.15) is 36.0 Å². The molecule has 1 aromatic rings. The van der Waals surface area contributed by atoms with E-state index in [2.05, 4.69) is 5.32 Å². The number of hydrogen-bond donors (Lipinski definition) is 2. The fourth-order valence-electron chi connectivity index (χ4n) is 1.20. The SMILES string of the molecule is Cc1scc(C(N)=O)c1NC(=O)OC(C)(C)C. The van der Waals surface area contributed by atoms with Crippen LogP contribution in [0.5, 0.6) is 0 Å². The lowest BCUT2D eigenvalue weighted by Gasteiger charge is -2.19. The Labute approximate surface area is 104 Å². The maximum absolute atomic E-state index is 11.6. The summed E-state index contributed by atoms with van der Waals surface area (Å²) >= 11 is 1.35. The Balaban J connectivity index is 2.85. The summed E-state index contributed by atoms with van der Waals surface area (Å²) < 4.78 is 5.10. The Morgan fingerprint density at radius 3 is 2.47 bits per heavy atom. The molecule has 0 spiro atoms. The van der Waals surface area contributed by atoms with Crippen molar-refractivity contribution in [3.63, 3.8) is 0 Å². The quantitative estimate of drug-likeness (QED) is 0.853. The second kappa shape index (κ2) is 4.75. The van der Waals surface area contributed by atoms with Gasteiger partial charge in [-0.25, -0.2) is 4.79 Å². The minimum absolute atomic E-state index is 0.304. The van der Waals surface area contributed by atoms with Crippen LogP contribution in [0.2, 0.25) is 0 Å². The highest BCUT2D eigenvalue weighted by atomic mass is 32.1. The van der Waals surface area contributed by atoms with Crippen molar-refractivity contribution in [1.29, 1.82) is 0 Å². The van der Waals surface area contributed by atoms with Crippen LogP contribution in [0.4, 0.5) is 10.5 Å². The van der Waals surface area contributed by atoms with Gasteiger partial charge in [0.1, 0.15) is 5.60 Å². The lowest BCUT2D eigenvalue weighted by molar-refractivity contribution is 0.0636. The molecule has 0 aliphatic rings. The number of amides is 2. The fraction of sp³-hybridized carbons (Fsp3) is 0.455. The summed E-state index contributed by atoms with van der Waals surface area (Å²) in [6, 6.07) is 0. The van der Waals surface area contributed by atoms with Crippen molar-refractivity contribution in [3.8, 4) is 0 Å². The number of aryl methyl sites for hydroxylation is 1. The molecule has 0 aliphatic heterocycles. The molecule has 0 aromatic carbocycles. The number of thiophene rings is 1. The molecule has 0 saturated carbocycles. The lowest BCUT2D eigenvalue weighted by Crippen LogP contribution is -2.28. The third-order valence-electron chi connectivity index (χ3n) is 1.87. The first kappa shape index (κ1) is 13.5. The zero-order chi connectivity index (χ0) is 13.2. The van der Waals surface area contributed by atoms with Crippen LogP contribution in [0.25, 0.3) is 0 Å².